The van der Waals surface area contributed by atoms with Crippen molar-refractivity contribution in [1.29, 1.82) is 0 Å². The van der Waals surface area contributed by atoms with Gasteiger partial charge in [0.2, 0.25) is 5.91 Å². The van der Waals surface area contributed by atoms with Crippen LogP contribution in [0.4, 0.5) is 0 Å². The third-order valence-corrected chi connectivity index (χ3v) is 11.6. The molecule has 0 bridgehead atoms. The Labute approximate surface area is 348 Å². The number of nitrogens with one attached hydrogen (secondary N) is 1. The Bertz CT molecular complexity index is 847. The third kappa shape index (κ3) is 38.3. The number of hydrogen-bond donors (Lipinski definition) is 5. The van der Waals surface area contributed by atoms with Gasteiger partial charge in [0.15, 0.2) is 0 Å². The molecule has 0 aromatic heterocycles. The summed E-state index contributed by atoms with van der Waals surface area (Å²) in [6.07, 6.45) is 53.0. The van der Waals surface area contributed by atoms with E-state index in [1.165, 1.54) is 186 Å². The Kier molecular flexibility index (Phi) is 43.9. The second kappa shape index (κ2) is 44.9. The molecule has 0 spiro atoms. The summed E-state index contributed by atoms with van der Waals surface area (Å²) in [6, 6.07) is -0.996. The molecular weight excluding hydrogens is 695 g/mol. The van der Waals surface area contributed by atoms with Gasteiger partial charge < -0.3 is 25.7 Å². The molecule has 6 heteroatoms. The summed E-state index contributed by atoms with van der Waals surface area (Å²) < 4.78 is 0. The quantitative estimate of drug-likeness (QED) is 0.0312. The van der Waals surface area contributed by atoms with E-state index in [9.17, 15) is 25.2 Å². The smallest absolute Gasteiger partial charge is 0.249 e. The molecule has 6 nitrogen and oxygen atoms in total. The fourth-order valence-electron chi connectivity index (χ4n) is 7.70. The van der Waals surface area contributed by atoms with E-state index in [1.807, 2.05) is 0 Å². The van der Waals surface area contributed by atoms with E-state index in [-0.39, 0.29) is 0 Å². The highest BCUT2D eigenvalue weighted by atomic mass is 16.3. The lowest BCUT2D eigenvalue weighted by atomic mass is 10.00. The number of unbranched alkanes of at least 4 members (excludes halogenated alkanes) is 32. The summed E-state index contributed by atoms with van der Waals surface area (Å²) in [5.41, 5.74) is 0. The Hall–Kier alpha value is -1.21. The van der Waals surface area contributed by atoms with Crippen LogP contribution < -0.4 is 5.32 Å². The molecule has 0 aromatic carbocycles. The lowest BCUT2D eigenvalue weighted by Gasteiger charge is -2.27. The van der Waals surface area contributed by atoms with Gasteiger partial charge in [-0.3, -0.25) is 4.79 Å². The molecule has 0 aliphatic rings. The lowest BCUT2D eigenvalue weighted by Crippen LogP contribution is -2.53. The van der Waals surface area contributed by atoms with E-state index in [0.717, 1.165) is 38.5 Å². The zero-order chi connectivity index (χ0) is 41.0. The predicted molar refractivity (Wildman–Crippen MR) is 242 cm³/mol. The first-order valence-corrected chi connectivity index (χ1v) is 24.7. The van der Waals surface area contributed by atoms with Gasteiger partial charge in [0.1, 0.15) is 12.2 Å². The van der Waals surface area contributed by atoms with E-state index in [2.05, 4.69) is 43.5 Å². The van der Waals surface area contributed by atoms with E-state index in [0.29, 0.717) is 19.3 Å². The maximum Gasteiger partial charge on any atom is 0.249 e. The molecular formula is C50H97NO5. The molecule has 0 rings (SSSR count). The molecule has 0 aliphatic carbocycles. The van der Waals surface area contributed by atoms with E-state index >= 15 is 0 Å². The van der Waals surface area contributed by atoms with Crippen LogP contribution >= 0.6 is 0 Å². The maximum atomic E-state index is 12.4. The molecule has 56 heavy (non-hydrogen) atoms. The van der Waals surface area contributed by atoms with Crippen molar-refractivity contribution < 1.29 is 25.2 Å². The first-order chi connectivity index (χ1) is 27.5. The number of amides is 1. The van der Waals surface area contributed by atoms with E-state index in [4.69, 9.17) is 0 Å². The van der Waals surface area contributed by atoms with Crippen LogP contribution in [0.2, 0.25) is 0 Å². The van der Waals surface area contributed by atoms with Crippen molar-refractivity contribution in [1.82, 2.24) is 5.32 Å². The van der Waals surface area contributed by atoms with Crippen molar-refractivity contribution in [2.45, 2.75) is 282 Å². The van der Waals surface area contributed by atoms with Gasteiger partial charge in [0.05, 0.1) is 18.8 Å². The van der Waals surface area contributed by atoms with E-state index in [1.54, 1.807) is 0 Å². The standard InChI is InChI=1S/C50H97NO5/c1-3-5-7-9-11-12-13-14-15-16-17-18-19-20-21-22-23-24-25-26-27-28-29-30-31-32-33-34-35-36-37-38-40-42-44-48(54)50(56)51-46(45-52)49(55)47(53)43-41-39-10-8-6-4-2/h8,10,22-23,46-49,52-55H,3-7,9,11-21,24-45H2,1-2H3,(H,51,56)/b10-8+,23-22-. The van der Waals surface area contributed by atoms with Crippen molar-refractivity contribution in [3.05, 3.63) is 24.3 Å². The van der Waals surface area contributed by atoms with Crippen molar-refractivity contribution in [2.24, 2.45) is 0 Å². The van der Waals surface area contributed by atoms with Crippen LogP contribution in [0, 0.1) is 0 Å². The first-order valence-electron chi connectivity index (χ1n) is 24.7. The molecule has 0 heterocycles. The normalized spacial score (nSPS) is 14.2. The van der Waals surface area contributed by atoms with Crippen LogP contribution in [0.5, 0.6) is 0 Å². The molecule has 4 unspecified atom stereocenters. The second-order valence-electron chi connectivity index (χ2n) is 17.2. The second-order valence-corrected chi connectivity index (χ2v) is 17.2. The van der Waals surface area contributed by atoms with Crippen molar-refractivity contribution >= 4 is 5.91 Å². The molecule has 0 saturated heterocycles. The maximum absolute atomic E-state index is 12.4. The largest absolute Gasteiger partial charge is 0.394 e. The van der Waals surface area contributed by atoms with Gasteiger partial charge >= 0.3 is 0 Å². The monoisotopic (exact) mass is 792 g/mol. The van der Waals surface area contributed by atoms with Crippen molar-refractivity contribution in [3.8, 4) is 0 Å². The van der Waals surface area contributed by atoms with Crippen LogP contribution in [0.15, 0.2) is 24.3 Å². The van der Waals surface area contributed by atoms with Gasteiger partial charge in [-0.25, -0.2) is 0 Å². The van der Waals surface area contributed by atoms with E-state index < -0.39 is 36.9 Å². The van der Waals surface area contributed by atoms with Crippen LogP contribution in [-0.2, 0) is 4.79 Å². The minimum Gasteiger partial charge on any atom is -0.394 e. The fraction of sp³-hybridized carbons (Fsp3) is 0.900. The van der Waals surface area contributed by atoms with Gasteiger partial charge in [-0.2, -0.15) is 0 Å². The number of rotatable bonds is 45. The topological polar surface area (TPSA) is 110 Å². The molecule has 332 valence electrons. The summed E-state index contributed by atoms with van der Waals surface area (Å²) in [6.45, 7) is 3.92. The minimum absolute atomic E-state index is 0.365. The summed E-state index contributed by atoms with van der Waals surface area (Å²) in [5.74, 6) is -0.596. The predicted octanol–water partition coefficient (Wildman–Crippen LogP) is 13.5. The molecule has 0 aromatic rings. The minimum atomic E-state index is -1.28. The van der Waals surface area contributed by atoms with Gasteiger partial charge in [-0.05, 0) is 57.8 Å². The SMILES string of the molecule is CCC/C=C/CCCC(O)C(O)C(CO)NC(=O)C(O)CCCCCCCCCCCCCCCCCC/C=C\CCCCCCCCCCCCCCCC. The van der Waals surface area contributed by atoms with Gasteiger partial charge in [0, 0.05) is 0 Å². The Balaban J connectivity index is 3.46. The molecule has 0 saturated carbocycles. The number of allylic oxidation sites excluding steroid dienone is 4. The van der Waals surface area contributed by atoms with Gasteiger partial charge in [-0.15, -0.1) is 0 Å². The van der Waals surface area contributed by atoms with Gasteiger partial charge in [0.25, 0.3) is 0 Å². The summed E-state index contributed by atoms with van der Waals surface area (Å²) >= 11 is 0. The Morgan fingerprint density at radius 1 is 0.429 bits per heavy atom. The number of carbonyl (C=O) groups is 1. The van der Waals surface area contributed by atoms with Crippen molar-refractivity contribution in [3.63, 3.8) is 0 Å². The zero-order valence-electron chi connectivity index (χ0n) is 37.4. The first kappa shape index (κ1) is 54.8. The Morgan fingerprint density at radius 3 is 1.14 bits per heavy atom. The summed E-state index contributed by atoms with van der Waals surface area (Å²) in [5, 5.41) is 43.2. The molecule has 4 atom stereocenters. The highest BCUT2D eigenvalue weighted by Gasteiger charge is 2.28. The molecule has 0 fully saturated rings. The zero-order valence-corrected chi connectivity index (χ0v) is 37.4. The van der Waals surface area contributed by atoms with Crippen molar-refractivity contribution in [2.75, 3.05) is 6.61 Å². The van der Waals surface area contributed by atoms with Crippen LogP contribution in [0.25, 0.3) is 0 Å². The number of aliphatic hydroxyl groups is 4. The van der Waals surface area contributed by atoms with Crippen LogP contribution in [0.3, 0.4) is 0 Å². The molecule has 0 aliphatic heterocycles. The highest BCUT2D eigenvalue weighted by Crippen LogP contribution is 2.17. The fourth-order valence-corrected chi connectivity index (χ4v) is 7.70. The van der Waals surface area contributed by atoms with Gasteiger partial charge in [-0.1, -0.05) is 224 Å². The number of hydrogen-bond acceptors (Lipinski definition) is 5. The average Bonchev–Trinajstić information content (AvgIpc) is 3.20. The average molecular weight is 792 g/mol. The number of carbonyl (C=O) groups excluding carboxylic acids is 1. The molecule has 1 amide bonds. The summed E-state index contributed by atoms with van der Waals surface area (Å²) in [7, 11) is 0. The third-order valence-electron chi connectivity index (χ3n) is 11.6. The van der Waals surface area contributed by atoms with Crippen LogP contribution in [0.1, 0.15) is 258 Å². The number of aliphatic hydroxyl groups excluding tert-OH is 4. The highest BCUT2D eigenvalue weighted by molar-refractivity contribution is 5.80. The van der Waals surface area contributed by atoms with Crippen LogP contribution in [-0.4, -0.2) is 57.3 Å². The lowest BCUT2D eigenvalue weighted by molar-refractivity contribution is -0.132. The molecule has 0 radical (unpaired) electrons. The Morgan fingerprint density at radius 2 is 0.768 bits per heavy atom. The summed E-state index contributed by atoms with van der Waals surface area (Å²) in [4.78, 5) is 12.4. The molecule has 5 N–H and O–H groups in total.